The summed E-state index contributed by atoms with van der Waals surface area (Å²) in [5.41, 5.74) is 5.38. The van der Waals surface area contributed by atoms with Crippen molar-refractivity contribution in [3.8, 4) is 16.5 Å². The minimum absolute atomic E-state index is 0.401. The van der Waals surface area contributed by atoms with Crippen molar-refractivity contribution < 1.29 is 4.79 Å². The number of hydrogen-bond donors (Lipinski definition) is 1. The molecule has 1 unspecified atom stereocenters. The van der Waals surface area contributed by atoms with Crippen LogP contribution in [-0.2, 0) is 11.3 Å². The largest absolute Gasteiger partial charge is 0.368 e. The van der Waals surface area contributed by atoms with Crippen LogP contribution in [0.25, 0.3) is 10.4 Å². The average Bonchev–Trinajstić information content (AvgIpc) is 3.16. The Morgan fingerprint density at radius 3 is 2.83 bits per heavy atom. The summed E-state index contributed by atoms with van der Waals surface area (Å²) in [5, 5.41) is 10.0. The summed E-state index contributed by atoms with van der Waals surface area (Å²) < 4.78 is 0. The predicted octanol–water partition coefficient (Wildman–Crippen LogP) is 3.27. The van der Waals surface area contributed by atoms with Crippen LogP contribution in [0, 0.1) is 16.7 Å². The Balaban J connectivity index is 1.73. The smallest absolute Gasteiger partial charge is 0.239 e. The zero-order chi connectivity index (χ0) is 16.4. The van der Waals surface area contributed by atoms with Crippen LogP contribution < -0.4 is 5.73 Å². The SMILES string of the molecule is N#CC1(C(N)=O)CCN(Cc2ccc(-c3ccccc3Cl)s2)C1. The number of carbonyl (C=O) groups excluding carboxylic acids is 1. The van der Waals surface area contributed by atoms with Gasteiger partial charge in [-0.2, -0.15) is 5.26 Å². The first-order valence-electron chi connectivity index (χ1n) is 7.31. The molecule has 1 aliphatic heterocycles. The molecule has 1 aromatic carbocycles. The van der Waals surface area contributed by atoms with E-state index >= 15 is 0 Å². The third-order valence-electron chi connectivity index (χ3n) is 4.21. The highest BCUT2D eigenvalue weighted by molar-refractivity contribution is 7.15. The van der Waals surface area contributed by atoms with Crippen LogP contribution in [0.4, 0.5) is 0 Å². The van der Waals surface area contributed by atoms with Gasteiger partial charge in [-0.3, -0.25) is 9.69 Å². The van der Waals surface area contributed by atoms with Crippen LogP contribution in [0.15, 0.2) is 36.4 Å². The molecule has 2 N–H and O–H groups in total. The van der Waals surface area contributed by atoms with Gasteiger partial charge in [0.25, 0.3) is 0 Å². The number of benzene rings is 1. The predicted molar refractivity (Wildman–Crippen MR) is 91.9 cm³/mol. The van der Waals surface area contributed by atoms with E-state index in [1.54, 1.807) is 11.3 Å². The molecule has 2 aromatic rings. The second-order valence-electron chi connectivity index (χ2n) is 5.76. The number of nitriles is 1. The standard InChI is InChI=1S/C17H16ClN3OS/c18-14-4-2-1-3-13(14)15-6-5-12(23-15)9-21-8-7-17(10-19,11-21)16(20)22/h1-6H,7-9,11H2,(H2,20,22). The van der Waals surface area contributed by atoms with Gasteiger partial charge in [-0.1, -0.05) is 29.8 Å². The van der Waals surface area contributed by atoms with Gasteiger partial charge in [0.15, 0.2) is 0 Å². The second-order valence-corrected chi connectivity index (χ2v) is 7.34. The molecule has 0 radical (unpaired) electrons. The number of halogens is 1. The Kier molecular flexibility index (Phi) is 4.40. The van der Waals surface area contributed by atoms with E-state index in [-0.39, 0.29) is 0 Å². The van der Waals surface area contributed by atoms with Crippen LogP contribution in [0.3, 0.4) is 0 Å². The van der Waals surface area contributed by atoms with Crippen molar-refractivity contribution in [1.29, 1.82) is 5.26 Å². The van der Waals surface area contributed by atoms with E-state index in [0.717, 1.165) is 15.5 Å². The summed E-state index contributed by atoms with van der Waals surface area (Å²) in [4.78, 5) is 15.9. The molecule has 1 amide bonds. The lowest BCUT2D eigenvalue weighted by atomic mass is 9.88. The molecular formula is C17H16ClN3OS. The summed E-state index contributed by atoms with van der Waals surface area (Å²) in [5.74, 6) is -0.523. The minimum atomic E-state index is -1.04. The highest BCUT2D eigenvalue weighted by Gasteiger charge is 2.43. The van der Waals surface area contributed by atoms with Crippen molar-refractivity contribution in [1.82, 2.24) is 4.90 Å². The van der Waals surface area contributed by atoms with E-state index in [4.69, 9.17) is 17.3 Å². The van der Waals surface area contributed by atoms with Gasteiger partial charge in [0.2, 0.25) is 5.91 Å². The number of rotatable bonds is 4. The van der Waals surface area contributed by atoms with Crippen molar-refractivity contribution in [2.45, 2.75) is 13.0 Å². The minimum Gasteiger partial charge on any atom is -0.368 e. The number of primary amides is 1. The number of thiophene rings is 1. The molecule has 1 atom stereocenters. The van der Waals surface area contributed by atoms with Crippen molar-refractivity contribution in [2.75, 3.05) is 13.1 Å². The summed E-state index contributed by atoms with van der Waals surface area (Å²) in [7, 11) is 0. The number of carbonyl (C=O) groups is 1. The summed E-state index contributed by atoms with van der Waals surface area (Å²) in [6, 6.07) is 14.0. The van der Waals surface area contributed by atoms with Gasteiger partial charge in [-0.05, 0) is 24.6 Å². The number of likely N-dealkylation sites (tertiary alicyclic amines) is 1. The van der Waals surface area contributed by atoms with E-state index in [2.05, 4.69) is 23.1 Å². The van der Waals surface area contributed by atoms with Crippen LogP contribution >= 0.6 is 22.9 Å². The summed E-state index contributed by atoms with van der Waals surface area (Å²) >= 11 is 7.92. The molecule has 1 fully saturated rings. The zero-order valence-electron chi connectivity index (χ0n) is 12.5. The molecule has 3 rings (SSSR count). The lowest BCUT2D eigenvalue weighted by molar-refractivity contribution is -0.124. The number of hydrogen-bond acceptors (Lipinski definition) is 4. The van der Waals surface area contributed by atoms with Gasteiger partial charge in [-0.25, -0.2) is 0 Å². The van der Waals surface area contributed by atoms with Gasteiger partial charge in [0.1, 0.15) is 5.41 Å². The topological polar surface area (TPSA) is 70.1 Å². The summed E-state index contributed by atoms with van der Waals surface area (Å²) in [6.07, 6.45) is 0.502. The van der Waals surface area contributed by atoms with E-state index in [0.29, 0.717) is 26.1 Å². The Morgan fingerprint density at radius 2 is 2.17 bits per heavy atom. The van der Waals surface area contributed by atoms with Crippen LogP contribution in [0.1, 0.15) is 11.3 Å². The molecular weight excluding hydrogens is 330 g/mol. The fourth-order valence-electron chi connectivity index (χ4n) is 2.86. The van der Waals surface area contributed by atoms with Crippen LogP contribution in [0.2, 0.25) is 5.02 Å². The normalized spacial score (nSPS) is 21.2. The first-order valence-corrected chi connectivity index (χ1v) is 8.51. The van der Waals surface area contributed by atoms with E-state index < -0.39 is 11.3 Å². The Morgan fingerprint density at radius 1 is 1.39 bits per heavy atom. The molecule has 4 nitrogen and oxygen atoms in total. The van der Waals surface area contributed by atoms with E-state index in [9.17, 15) is 10.1 Å². The first kappa shape index (κ1) is 16.0. The molecule has 0 saturated carbocycles. The molecule has 1 aliphatic rings. The maximum absolute atomic E-state index is 11.5. The molecule has 1 saturated heterocycles. The quantitative estimate of drug-likeness (QED) is 0.924. The fraction of sp³-hybridized carbons (Fsp3) is 0.294. The van der Waals surface area contributed by atoms with E-state index in [1.165, 1.54) is 4.88 Å². The van der Waals surface area contributed by atoms with Crippen LogP contribution in [0.5, 0.6) is 0 Å². The van der Waals surface area contributed by atoms with Crippen molar-refractivity contribution in [2.24, 2.45) is 11.1 Å². The highest BCUT2D eigenvalue weighted by Crippen LogP contribution is 2.35. The second kappa shape index (κ2) is 6.32. The number of nitrogens with zero attached hydrogens (tertiary/aromatic N) is 2. The van der Waals surface area contributed by atoms with Gasteiger partial charge in [-0.15, -0.1) is 11.3 Å². The fourth-order valence-corrected chi connectivity index (χ4v) is 4.24. The van der Waals surface area contributed by atoms with Crippen molar-refractivity contribution >= 4 is 28.8 Å². The van der Waals surface area contributed by atoms with Gasteiger partial charge >= 0.3 is 0 Å². The molecule has 1 aromatic heterocycles. The Hall–Kier alpha value is -1.87. The molecule has 0 bridgehead atoms. The van der Waals surface area contributed by atoms with Crippen LogP contribution in [-0.4, -0.2) is 23.9 Å². The molecule has 0 aliphatic carbocycles. The van der Waals surface area contributed by atoms with Gasteiger partial charge in [0.05, 0.1) is 6.07 Å². The third-order valence-corrected chi connectivity index (χ3v) is 5.65. The third kappa shape index (κ3) is 3.11. The first-order chi connectivity index (χ1) is 11.0. The molecule has 0 spiro atoms. The number of amides is 1. The average molecular weight is 346 g/mol. The zero-order valence-corrected chi connectivity index (χ0v) is 14.0. The van der Waals surface area contributed by atoms with Gasteiger partial charge in [0, 0.05) is 40.0 Å². The number of nitrogens with two attached hydrogens (primary N) is 1. The maximum atomic E-state index is 11.5. The highest BCUT2D eigenvalue weighted by atomic mass is 35.5. The lowest BCUT2D eigenvalue weighted by Crippen LogP contribution is -2.38. The van der Waals surface area contributed by atoms with E-state index in [1.807, 2.05) is 24.3 Å². The molecule has 23 heavy (non-hydrogen) atoms. The monoisotopic (exact) mass is 345 g/mol. The van der Waals surface area contributed by atoms with Crippen molar-refractivity contribution in [3.05, 3.63) is 46.3 Å². The Bertz CT molecular complexity index is 782. The molecule has 2 heterocycles. The van der Waals surface area contributed by atoms with Gasteiger partial charge < -0.3 is 5.73 Å². The lowest BCUT2D eigenvalue weighted by Gasteiger charge is -2.18. The molecule has 118 valence electrons. The maximum Gasteiger partial charge on any atom is 0.239 e. The summed E-state index contributed by atoms with van der Waals surface area (Å²) in [6.45, 7) is 1.82. The Labute approximate surface area is 144 Å². The molecule has 6 heteroatoms. The van der Waals surface area contributed by atoms with Crippen molar-refractivity contribution in [3.63, 3.8) is 0 Å².